The van der Waals surface area contributed by atoms with Gasteiger partial charge >= 0.3 is 0 Å². The zero-order valence-corrected chi connectivity index (χ0v) is 8.23. The summed E-state index contributed by atoms with van der Waals surface area (Å²) in [6, 6.07) is 0. The highest BCUT2D eigenvalue weighted by Gasteiger charge is 2.07. The molecule has 0 aliphatic heterocycles. The first-order valence-corrected chi connectivity index (χ1v) is 4.35. The quantitative estimate of drug-likeness (QED) is 0.661. The molecule has 0 unspecified atom stereocenters. The number of aryl methyl sites for hydroxylation is 2. The van der Waals surface area contributed by atoms with Gasteiger partial charge in [0.05, 0.1) is 16.4 Å². The van der Waals surface area contributed by atoms with Crippen molar-refractivity contribution in [1.82, 2.24) is 9.78 Å². The SMILES string of the molecule is C=CCCn1nc(C)c(Cl)c1C. The van der Waals surface area contributed by atoms with Crippen LogP contribution in [-0.4, -0.2) is 9.78 Å². The van der Waals surface area contributed by atoms with E-state index in [0.717, 1.165) is 29.4 Å². The maximum absolute atomic E-state index is 5.97. The van der Waals surface area contributed by atoms with E-state index in [-0.39, 0.29) is 0 Å². The van der Waals surface area contributed by atoms with Gasteiger partial charge in [0.15, 0.2) is 0 Å². The number of hydrogen-bond donors (Lipinski definition) is 0. The second-order valence-electron chi connectivity index (χ2n) is 2.79. The van der Waals surface area contributed by atoms with Crippen LogP contribution >= 0.6 is 11.6 Å². The molecule has 0 aliphatic rings. The summed E-state index contributed by atoms with van der Waals surface area (Å²) in [5.41, 5.74) is 1.94. The maximum atomic E-state index is 5.97. The highest BCUT2D eigenvalue weighted by Crippen LogP contribution is 2.18. The van der Waals surface area contributed by atoms with E-state index < -0.39 is 0 Å². The standard InChI is InChI=1S/C9H13ClN2/c1-4-5-6-12-8(3)9(10)7(2)11-12/h4H,1,5-6H2,2-3H3. The number of rotatable bonds is 3. The molecule has 0 saturated heterocycles. The fourth-order valence-corrected chi connectivity index (χ4v) is 1.24. The molecule has 0 aromatic carbocycles. The molecule has 0 saturated carbocycles. The van der Waals surface area contributed by atoms with Crippen molar-refractivity contribution in [3.05, 3.63) is 29.1 Å². The second-order valence-corrected chi connectivity index (χ2v) is 3.16. The van der Waals surface area contributed by atoms with Crippen molar-refractivity contribution in [3.8, 4) is 0 Å². The fourth-order valence-electron chi connectivity index (χ4n) is 1.11. The van der Waals surface area contributed by atoms with Crippen LogP contribution in [-0.2, 0) is 6.54 Å². The molecule has 0 N–H and O–H groups in total. The highest BCUT2D eigenvalue weighted by molar-refractivity contribution is 6.31. The van der Waals surface area contributed by atoms with Gasteiger partial charge in [0.2, 0.25) is 0 Å². The molecule has 0 fully saturated rings. The lowest BCUT2D eigenvalue weighted by Gasteiger charge is -2.00. The minimum absolute atomic E-state index is 0.777. The topological polar surface area (TPSA) is 17.8 Å². The average molecular weight is 185 g/mol. The molecule has 0 radical (unpaired) electrons. The smallest absolute Gasteiger partial charge is 0.0844 e. The Labute approximate surface area is 77.8 Å². The third-order valence-corrected chi connectivity index (χ3v) is 2.39. The number of hydrogen-bond acceptors (Lipinski definition) is 1. The van der Waals surface area contributed by atoms with Gasteiger partial charge in [0.25, 0.3) is 0 Å². The van der Waals surface area contributed by atoms with E-state index in [0.29, 0.717) is 0 Å². The van der Waals surface area contributed by atoms with Crippen molar-refractivity contribution >= 4 is 11.6 Å². The van der Waals surface area contributed by atoms with Crippen molar-refractivity contribution in [1.29, 1.82) is 0 Å². The third kappa shape index (κ3) is 1.69. The summed E-state index contributed by atoms with van der Waals surface area (Å²) in [5.74, 6) is 0. The van der Waals surface area contributed by atoms with Crippen molar-refractivity contribution in [3.63, 3.8) is 0 Å². The molecule has 3 heteroatoms. The van der Waals surface area contributed by atoms with E-state index in [1.807, 2.05) is 24.6 Å². The molecule has 0 aliphatic carbocycles. The molecular formula is C9H13ClN2. The summed E-state index contributed by atoms with van der Waals surface area (Å²) in [7, 11) is 0. The molecule has 1 aromatic heterocycles. The van der Waals surface area contributed by atoms with E-state index in [1.54, 1.807) is 0 Å². The predicted molar refractivity (Wildman–Crippen MR) is 51.5 cm³/mol. The number of aromatic nitrogens is 2. The van der Waals surface area contributed by atoms with Crippen LogP contribution in [0.15, 0.2) is 12.7 Å². The van der Waals surface area contributed by atoms with Crippen molar-refractivity contribution in [2.45, 2.75) is 26.8 Å². The summed E-state index contributed by atoms with van der Waals surface area (Å²) in [4.78, 5) is 0. The van der Waals surface area contributed by atoms with Crippen molar-refractivity contribution in [2.75, 3.05) is 0 Å². The molecule has 0 atom stereocenters. The van der Waals surface area contributed by atoms with Crippen molar-refractivity contribution in [2.24, 2.45) is 0 Å². The van der Waals surface area contributed by atoms with E-state index in [1.165, 1.54) is 0 Å². The molecule has 0 spiro atoms. The Morgan fingerprint density at radius 2 is 2.25 bits per heavy atom. The predicted octanol–water partition coefficient (Wildman–Crippen LogP) is 2.73. The van der Waals surface area contributed by atoms with Crippen molar-refractivity contribution < 1.29 is 0 Å². The van der Waals surface area contributed by atoms with Gasteiger partial charge in [-0.3, -0.25) is 4.68 Å². The summed E-state index contributed by atoms with van der Waals surface area (Å²) in [6.45, 7) is 8.42. The number of nitrogens with zero attached hydrogens (tertiary/aromatic N) is 2. The van der Waals surface area contributed by atoms with Gasteiger partial charge in [-0.05, 0) is 20.3 Å². The highest BCUT2D eigenvalue weighted by atomic mass is 35.5. The Kier molecular flexibility index (Phi) is 2.93. The lowest BCUT2D eigenvalue weighted by molar-refractivity contribution is 0.602. The molecule has 12 heavy (non-hydrogen) atoms. The summed E-state index contributed by atoms with van der Waals surface area (Å²) in [5, 5.41) is 5.06. The van der Waals surface area contributed by atoms with Crippen LogP contribution in [0.2, 0.25) is 5.02 Å². The summed E-state index contributed by atoms with van der Waals surface area (Å²) >= 11 is 5.97. The van der Waals surface area contributed by atoms with Gasteiger partial charge in [-0.2, -0.15) is 5.10 Å². The molecule has 66 valence electrons. The van der Waals surface area contributed by atoms with E-state index in [9.17, 15) is 0 Å². The van der Waals surface area contributed by atoms with Gasteiger partial charge in [-0.1, -0.05) is 17.7 Å². The number of allylic oxidation sites excluding steroid dienone is 1. The molecule has 1 rings (SSSR count). The minimum atomic E-state index is 0.777. The Hall–Kier alpha value is -0.760. The Balaban J connectivity index is 2.85. The number of halogens is 1. The molecule has 2 nitrogen and oxygen atoms in total. The third-order valence-electron chi connectivity index (χ3n) is 1.84. The normalized spacial score (nSPS) is 10.2. The molecular weight excluding hydrogens is 172 g/mol. The fraction of sp³-hybridized carbons (Fsp3) is 0.444. The van der Waals surface area contributed by atoms with Crippen LogP contribution in [0, 0.1) is 13.8 Å². The van der Waals surface area contributed by atoms with Crippen LogP contribution in [0.3, 0.4) is 0 Å². The molecule has 1 heterocycles. The Morgan fingerprint density at radius 1 is 1.58 bits per heavy atom. The van der Waals surface area contributed by atoms with Gasteiger partial charge in [-0.25, -0.2) is 0 Å². The molecule has 1 aromatic rings. The van der Waals surface area contributed by atoms with Crippen LogP contribution in [0.25, 0.3) is 0 Å². The first kappa shape index (κ1) is 9.33. The Bertz CT molecular complexity index is 289. The molecule has 0 bridgehead atoms. The largest absolute Gasteiger partial charge is 0.268 e. The lowest BCUT2D eigenvalue weighted by atomic mass is 10.4. The van der Waals surface area contributed by atoms with Gasteiger partial charge in [0, 0.05) is 6.54 Å². The second kappa shape index (κ2) is 3.76. The first-order valence-electron chi connectivity index (χ1n) is 3.97. The summed E-state index contributed by atoms with van der Waals surface area (Å²) < 4.78 is 1.92. The van der Waals surface area contributed by atoms with Crippen LogP contribution in [0.5, 0.6) is 0 Å². The van der Waals surface area contributed by atoms with Crippen LogP contribution in [0.4, 0.5) is 0 Å². The zero-order valence-electron chi connectivity index (χ0n) is 7.47. The van der Waals surface area contributed by atoms with E-state index >= 15 is 0 Å². The Morgan fingerprint density at radius 3 is 2.67 bits per heavy atom. The average Bonchev–Trinajstić information content (AvgIpc) is 2.30. The lowest BCUT2D eigenvalue weighted by Crippen LogP contribution is -2.01. The van der Waals surface area contributed by atoms with Gasteiger partial charge in [0.1, 0.15) is 0 Å². The van der Waals surface area contributed by atoms with E-state index in [2.05, 4.69) is 11.7 Å². The molecule has 0 amide bonds. The van der Waals surface area contributed by atoms with Crippen LogP contribution in [0.1, 0.15) is 17.8 Å². The van der Waals surface area contributed by atoms with Gasteiger partial charge < -0.3 is 0 Å². The minimum Gasteiger partial charge on any atom is -0.268 e. The first-order chi connectivity index (χ1) is 5.66. The maximum Gasteiger partial charge on any atom is 0.0844 e. The zero-order chi connectivity index (χ0) is 9.14. The van der Waals surface area contributed by atoms with Gasteiger partial charge in [-0.15, -0.1) is 6.58 Å². The van der Waals surface area contributed by atoms with E-state index in [4.69, 9.17) is 11.6 Å². The monoisotopic (exact) mass is 184 g/mol. The summed E-state index contributed by atoms with van der Waals surface area (Å²) in [6.07, 6.45) is 2.81. The van der Waals surface area contributed by atoms with Crippen LogP contribution < -0.4 is 0 Å².